The smallest absolute Gasteiger partial charge is 0.146 e. The van der Waals surface area contributed by atoms with Gasteiger partial charge in [-0.3, -0.25) is 0 Å². The van der Waals surface area contributed by atoms with Crippen LogP contribution in [0.2, 0.25) is 0 Å². The lowest BCUT2D eigenvalue weighted by molar-refractivity contribution is 0.189. The molecule has 0 bridgehead atoms. The molecular formula is C13H15BrN2O2. The van der Waals surface area contributed by atoms with Gasteiger partial charge in [-0.2, -0.15) is 0 Å². The van der Waals surface area contributed by atoms with Crippen molar-refractivity contribution in [1.29, 1.82) is 0 Å². The number of halogens is 1. The Morgan fingerprint density at radius 1 is 1.50 bits per heavy atom. The number of imidazole rings is 1. The van der Waals surface area contributed by atoms with E-state index in [1.807, 2.05) is 36.0 Å². The van der Waals surface area contributed by atoms with E-state index in [0.29, 0.717) is 12.4 Å². The van der Waals surface area contributed by atoms with Crippen LogP contribution < -0.4 is 4.74 Å². The summed E-state index contributed by atoms with van der Waals surface area (Å²) in [7, 11) is 1.92. The molecule has 2 rings (SSSR count). The van der Waals surface area contributed by atoms with Gasteiger partial charge in [-0.05, 0) is 25.1 Å². The molecule has 0 aliphatic rings. The number of benzene rings is 1. The van der Waals surface area contributed by atoms with Crippen LogP contribution in [0.5, 0.6) is 5.75 Å². The maximum Gasteiger partial charge on any atom is 0.146 e. The standard InChI is InChI=1S/C13H15BrN2O2/c1-9(17)11-7-10(14)3-4-12(11)18-8-13-15-5-6-16(13)2/h3-7,9,17H,8H2,1-2H3/t9-/m1/s1. The molecule has 0 amide bonds. The van der Waals surface area contributed by atoms with Gasteiger partial charge in [0, 0.05) is 29.5 Å². The van der Waals surface area contributed by atoms with Crippen molar-refractivity contribution in [3.8, 4) is 5.75 Å². The van der Waals surface area contributed by atoms with Crippen LogP contribution >= 0.6 is 15.9 Å². The second-order valence-electron chi connectivity index (χ2n) is 4.10. The molecule has 0 aliphatic carbocycles. The molecule has 5 heteroatoms. The minimum Gasteiger partial charge on any atom is -0.485 e. The number of rotatable bonds is 4. The molecule has 0 radical (unpaired) electrons. The van der Waals surface area contributed by atoms with Crippen LogP contribution in [0.25, 0.3) is 0 Å². The Kier molecular flexibility index (Phi) is 4.04. The Morgan fingerprint density at radius 2 is 2.28 bits per heavy atom. The third-order valence-corrected chi connectivity index (χ3v) is 3.19. The van der Waals surface area contributed by atoms with Gasteiger partial charge in [-0.25, -0.2) is 4.98 Å². The Balaban J connectivity index is 2.16. The first-order chi connectivity index (χ1) is 8.58. The number of nitrogens with zero attached hydrogens (tertiary/aromatic N) is 2. The van der Waals surface area contributed by atoms with E-state index >= 15 is 0 Å². The predicted molar refractivity (Wildman–Crippen MR) is 72.3 cm³/mol. The molecule has 0 spiro atoms. The van der Waals surface area contributed by atoms with Crippen LogP contribution in [-0.2, 0) is 13.7 Å². The van der Waals surface area contributed by atoms with Crippen molar-refractivity contribution in [1.82, 2.24) is 9.55 Å². The van der Waals surface area contributed by atoms with E-state index in [0.717, 1.165) is 15.9 Å². The summed E-state index contributed by atoms with van der Waals surface area (Å²) in [5.74, 6) is 1.52. The Bertz CT molecular complexity index is 538. The SMILES string of the molecule is C[C@@H](O)c1cc(Br)ccc1OCc1nccn1C. The fourth-order valence-electron chi connectivity index (χ4n) is 1.66. The summed E-state index contributed by atoms with van der Waals surface area (Å²) in [6, 6.07) is 5.59. The third kappa shape index (κ3) is 2.91. The van der Waals surface area contributed by atoms with Crippen LogP contribution in [0.15, 0.2) is 35.1 Å². The third-order valence-electron chi connectivity index (χ3n) is 2.70. The maximum atomic E-state index is 9.72. The average molecular weight is 311 g/mol. The van der Waals surface area contributed by atoms with E-state index in [1.54, 1.807) is 13.1 Å². The number of aromatic nitrogens is 2. The van der Waals surface area contributed by atoms with E-state index in [4.69, 9.17) is 4.74 Å². The molecule has 1 aromatic heterocycles. The van der Waals surface area contributed by atoms with Crippen molar-refractivity contribution in [3.05, 3.63) is 46.5 Å². The number of aliphatic hydroxyl groups excluding tert-OH is 1. The zero-order chi connectivity index (χ0) is 13.1. The van der Waals surface area contributed by atoms with Crippen molar-refractivity contribution in [2.75, 3.05) is 0 Å². The molecule has 1 N–H and O–H groups in total. The summed E-state index contributed by atoms with van der Waals surface area (Å²) in [6.45, 7) is 2.10. The molecule has 18 heavy (non-hydrogen) atoms. The van der Waals surface area contributed by atoms with Gasteiger partial charge in [0.05, 0.1) is 6.10 Å². The van der Waals surface area contributed by atoms with E-state index < -0.39 is 6.10 Å². The highest BCUT2D eigenvalue weighted by Crippen LogP contribution is 2.28. The molecular weight excluding hydrogens is 296 g/mol. The van der Waals surface area contributed by atoms with Crippen molar-refractivity contribution >= 4 is 15.9 Å². The number of aryl methyl sites for hydroxylation is 1. The predicted octanol–water partition coefficient (Wildman–Crippen LogP) is 2.81. The monoisotopic (exact) mass is 310 g/mol. The fourth-order valence-corrected chi connectivity index (χ4v) is 2.03. The molecule has 0 saturated carbocycles. The van der Waals surface area contributed by atoms with Gasteiger partial charge in [0.15, 0.2) is 0 Å². The first-order valence-corrected chi connectivity index (χ1v) is 6.43. The van der Waals surface area contributed by atoms with E-state index in [1.165, 1.54) is 0 Å². The minimum atomic E-state index is -0.570. The Labute approximate surface area is 114 Å². The Morgan fingerprint density at radius 3 is 2.89 bits per heavy atom. The molecule has 4 nitrogen and oxygen atoms in total. The van der Waals surface area contributed by atoms with Gasteiger partial charge >= 0.3 is 0 Å². The first kappa shape index (κ1) is 13.1. The second kappa shape index (κ2) is 5.54. The zero-order valence-corrected chi connectivity index (χ0v) is 11.9. The summed E-state index contributed by atoms with van der Waals surface area (Å²) in [6.07, 6.45) is 3.03. The minimum absolute atomic E-state index is 0.380. The summed E-state index contributed by atoms with van der Waals surface area (Å²) in [5, 5.41) is 9.72. The zero-order valence-electron chi connectivity index (χ0n) is 10.3. The van der Waals surface area contributed by atoms with E-state index in [2.05, 4.69) is 20.9 Å². The summed E-state index contributed by atoms with van der Waals surface area (Å²) >= 11 is 3.38. The van der Waals surface area contributed by atoms with Crippen LogP contribution in [0.3, 0.4) is 0 Å². The lowest BCUT2D eigenvalue weighted by atomic mass is 10.1. The van der Waals surface area contributed by atoms with Crippen molar-refractivity contribution in [2.24, 2.45) is 7.05 Å². The average Bonchev–Trinajstić information content (AvgIpc) is 2.73. The Hall–Kier alpha value is -1.33. The lowest BCUT2D eigenvalue weighted by Gasteiger charge is -2.13. The van der Waals surface area contributed by atoms with Crippen LogP contribution in [0.1, 0.15) is 24.4 Å². The van der Waals surface area contributed by atoms with Gasteiger partial charge in [-0.15, -0.1) is 0 Å². The number of ether oxygens (including phenoxy) is 1. The molecule has 2 aromatic rings. The van der Waals surface area contributed by atoms with Crippen molar-refractivity contribution < 1.29 is 9.84 Å². The van der Waals surface area contributed by atoms with Crippen molar-refractivity contribution in [2.45, 2.75) is 19.6 Å². The topological polar surface area (TPSA) is 47.3 Å². The first-order valence-electron chi connectivity index (χ1n) is 5.64. The molecule has 1 aromatic carbocycles. The van der Waals surface area contributed by atoms with Crippen LogP contribution in [0.4, 0.5) is 0 Å². The molecule has 0 unspecified atom stereocenters. The summed E-state index contributed by atoms with van der Waals surface area (Å²) < 4.78 is 8.54. The van der Waals surface area contributed by atoms with Gasteiger partial charge in [-0.1, -0.05) is 15.9 Å². The number of hydrogen-bond acceptors (Lipinski definition) is 3. The summed E-state index contributed by atoms with van der Waals surface area (Å²) in [5.41, 5.74) is 0.763. The van der Waals surface area contributed by atoms with Gasteiger partial charge in [0.25, 0.3) is 0 Å². The number of aliphatic hydroxyl groups is 1. The number of hydrogen-bond donors (Lipinski definition) is 1. The lowest BCUT2D eigenvalue weighted by Crippen LogP contribution is -2.05. The van der Waals surface area contributed by atoms with Crippen LogP contribution in [0, 0.1) is 0 Å². The van der Waals surface area contributed by atoms with Crippen LogP contribution in [-0.4, -0.2) is 14.7 Å². The molecule has 96 valence electrons. The van der Waals surface area contributed by atoms with Crippen molar-refractivity contribution in [3.63, 3.8) is 0 Å². The second-order valence-corrected chi connectivity index (χ2v) is 5.02. The van der Waals surface area contributed by atoms with Gasteiger partial charge < -0.3 is 14.4 Å². The van der Waals surface area contributed by atoms with E-state index in [-0.39, 0.29) is 0 Å². The molecule has 0 fully saturated rings. The van der Waals surface area contributed by atoms with Gasteiger partial charge in [0.2, 0.25) is 0 Å². The maximum absolute atomic E-state index is 9.72. The highest BCUT2D eigenvalue weighted by molar-refractivity contribution is 9.10. The summed E-state index contributed by atoms with van der Waals surface area (Å²) in [4.78, 5) is 4.19. The molecule has 0 aliphatic heterocycles. The largest absolute Gasteiger partial charge is 0.485 e. The highest BCUT2D eigenvalue weighted by atomic mass is 79.9. The molecule has 1 heterocycles. The molecule has 1 atom stereocenters. The highest BCUT2D eigenvalue weighted by Gasteiger charge is 2.10. The van der Waals surface area contributed by atoms with E-state index in [9.17, 15) is 5.11 Å². The fraction of sp³-hybridized carbons (Fsp3) is 0.308. The quantitative estimate of drug-likeness (QED) is 0.944. The molecule has 0 saturated heterocycles. The van der Waals surface area contributed by atoms with Gasteiger partial charge in [0.1, 0.15) is 18.2 Å². The normalized spacial score (nSPS) is 12.4.